The number of furan rings is 1. The van der Waals surface area contributed by atoms with Gasteiger partial charge in [-0.2, -0.15) is 0 Å². The lowest BCUT2D eigenvalue weighted by Gasteiger charge is -2.26. The number of carbonyl (C=O) groups excluding carboxylic acids is 1. The smallest absolute Gasteiger partial charge is 0.347 e. The molecule has 156 valence electrons. The van der Waals surface area contributed by atoms with E-state index in [9.17, 15) is 9.90 Å². The fourth-order valence-electron chi connectivity index (χ4n) is 3.36. The summed E-state index contributed by atoms with van der Waals surface area (Å²) in [4.78, 5) is 21.2. The highest BCUT2D eigenvalue weighted by Gasteiger charge is 2.30. The van der Waals surface area contributed by atoms with Gasteiger partial charge < -0.3 is 19.0 Å². The van der Waals surface area contributed by atoms with E-state index in [0.717, 1.165) is 24.0 Å². The SMILES string of the molecule is O=C(OCC1CC1)c1c(NN2CCOCC2)oc(/C=C2\C=Nc3ncccc32)c1O. The van der Waals surface area contributed by atoms with Gasteiger partial charge in [0.15, 0.2) is 22.9 Å². The normalized spacial score (nSPS) is 19.8. The molecule has 2 aliphatic heterocycles. The van der Waals surface area contributed by atoms with Crippen LogP contribution in [0.25, 0.3) is 11.6 Å². The van der Waals surface area contributed by atoms with Crippen LogP contribution in [0.15, 0.2) is 27.7 Å². The molecule has 5 rings (SSSR count). The number of allylic oxidation sites excluding steroid dienone is 1. The van der Waals surface area contributed by atoms with E-state index >= 15 is 0 Å². The average Bonchev–Trinajstić information content (AvgIpc) is 3.44. The number of hydrogen-bond acceptors (Lipinski definition) is 9. The van der Waals surface area contributed by atoms with Crippen LogP contribution in [-0.2, 0) is 9.47 Å². The number of nitrogens with one attached hydrogen (secondary N) is 1. The van der Waals surface area contributed by atoms with Crippen LogP contribution >= 0.6 is 0 Å². The molecule has 0 atom stereocenters. The van der Waals surface area contributed by atoms with Crippen LogP contribution in [0.5, 0.6) is 5.75 Å². The number of carbonyl (C=O) groups is 1. The van der Waals surface area contributed by atoms with Gasteiger partial charge in [-0.3, -0.25) is 5.43 Å². The van der Waals surface area contributed by atoms with Crippen molar-refractivity contribution in [1.29, 1.82) is 0 Å². The Kier molecular flexibility index (Phi) is 4.97. The third-order valence-electron chi connectivity index (χ3n) is 5.24. The summed E-state index contributed by atoms with van der Waals surface area (Å²) < 4.78 is 16.6. The van der Waals surface area contributed by atoms with Crippen molar-refractivity contribution in [1.82, 2.24) is 9.99 Å². The van der Waals surface area contributed by atoms with Crippen molar-refractivity contribution in [3.63, 3.8) is 0 Å². The lowest BCUT2D eigenvalue weighted by molar-refractivity contribution is 0.0463. The molecule has 1 saturated heterocycles. The van der Waals surface area contributed by atoms with E-state index in [4.69, 9.17) is 13.9 Å². The Morgan fingerprint density at radius 3 is 3.00 bits per heavy atom. The number of ether oxygens (including phenoxy) is 2. The van der Waals surface area contributed by atoms with Gasteiger partial charge in [-0.25, -0.2) is 19.8 Å². The first-order valence-corrected chi connectivity index (χ1v) is 10.0. The molecule has 9 nitrogen and oxygen atoms in total. The first-order chi connectivity index (χ1) is 14.7. The van der Waals surface area contributed by atoms with Gasteiger partial charge in [0.05, 0.1) is 19.8 Å². The Bertz CT molecular complexity index is 1020. The van der Waals surface area contributed by atoms with Gasteiger partial charge in [-0.1, -0.05) is 0 Å². The van der Waals surface area contributed by atoms with Gasteiger partial charge in [-0.05, 0) is 37.0 Å². The fraction of sp³-hybridized carbons (Fsp3) is 0.381. The Balaban J connectivity index is 1.46. The summed E-state index contributed by atoms with van der Waals surface area (Å²) >= 11 is 0. The fourth-order valence-corrected chi connectivity index (χ4v) is 3.36. The van der Waals surface area contributed by atoms with Gasteiger partial charge >= 0.3 is 5.97 Å². The minimum Gasteiger partial charge on any atom is -0.504 e. The molecular formula is C21H22N4O5. The number of hydrazine groups is 1. The Hall–Kier alpha value is -3.17. The number of fused-ring (bicyclic) bond motifs is 1. The standard InChI is InChI=1S/C21H22N4O5/c26-18-16(10-14-11-23-19-15(14)2-1-5-22-19)30-20(24-25-6-8-28-9-7-25)17(18)21(27)29-12-13-3-4-13/h1-2,5,10-11,13,24,26H,3-4,6-9,12H2/b14-10+. The van der Waals surface area contributed by atoms with Crippen molar-refractivity contribution in [2.45, 2.75) is 12.8 Å². The molecule has 0 spiro atoms. The van der Waals surface area contributed by atoms with Crippen molar-refractivity contribution in [3.05, 3.63) is 35.2 Å². The van der Waals surface area contributed by atoms with Crippen molar-refractivity contribution in [2.24, 2.45) is 10.9 Å². The zero-order valence-corrected chi connectivity index (χ0v) is 16.3. The second-order valence-corrected chi connectivity index (χ2v) is 7.50. The predicted octanol–water partition coefficient (Wildman–Crippen LogP) is 2.86. The monoisotopic (exact) mass is 410 g/mol. The summed E-state index contributed by atoms with van der Waals surface area (Å²) in [5.74, 6) is 0.464. The van der Waals surface area contributed by atoms with Crippen LogP contribution in [0, 0.1) is 5.92 Å². The Morgan fingerprint density at radius 1 is 1.37 bits per heavy atom. The summed E-state index contributed by atoms with van der Waals surface area (Å²) in [6.07, 6.45) is 7.09. The third-order valence-corrected chi connectivity index (χ3v) is 5.24. The molecular weight excluding hydrogens is 388 g/mol. The summed E-state index contributed by atoms with van der Waals surface area (Å²) in [5.41, 5.74) is 4.65. The van der Waals surface area contributed by atoms with Crippen molar-refractivity contribution in [3.8, 4) is 5.75 Å². The highest BCUT2D eigenvalue weighted by molar-refractivity contribution is 6.21. The highest BCUT2D eigenvalue weighted by atomic mass is 16.5. The predicted molar refractivity (Wildman–Crippen MR) is 110 cm³/mol. The Morgan fingerprint density at radius 2 is 2.20 bits per heavy atom. The van der Waals surface area contributed by atoms with Gasteiger partial charge in [0.1, 0.15) is 0 Å². The van der Waals surface area contributed by atoms with Crippen LogP contribution in [-0.4, -0.2) is 60.2 Å². The second-order valence-electron chi connectivity index (χ2n) is 7.50. The number of aliphatic imine (C=N–C) groups is 1. The minimum atomic E-state index is -0.606. The maximum absolute atomic E-state index is 12.7. The zero-order valence-electron chi connectivity index (χ0n) is 16.3. The van der Waals surface area contributed by atoms with E-state index in [-0.39, 0.29) is 23.0 Å². The summed E-state index contributed by atoms with van der Waals surface area (Å²) in [7, 11) is 0. The van der Waals surface area contributed by atoms with Crippen LogP contribution in [0.4, 0.5) is 11.7 Å². The first-order valence-electron chi connectivity index (χ1n) is 10.0. The quantitative estimate of drug-likeness (QED) is 0.700. The molecule has 2 fully saturated rings. The number of esters is 1. The summed E-state index contributed by atoms with van der Waals surface area (Å²) in [6, 6.07) is 3.70. The minimum absolute atomic E-state index is 0.00432. The highest BCUT2D eigenvalue weighted by Crippen LogP contribution is 2.39. The number of anilines is 1. The number of nitrogens with zero attached hydrogens (tertiary/aromatic N) is 3. The molecule has 3 aliphatic rings. The first kappa shape index (κ1) is 18.8. The van der Waals surface area contributed by atoms with Gasteiger partial charge in [0, 0.05) is 36.6 Å². The van der Waals surface area contributed by atoms with Gasteiger partial charge in [0.25, 0.3) is 0 Å². The Labute approximate surface area is 173 Å². The molecule has 0 bridgehead atoms. The number of rotatable bonds is 6. The van der Waals surface area contributed by atoms with Gasteiger partial charge in [-0.15, -0.1) is 0 Å². The van der Waals surface area contributed by atoms with Crippen LogP contribution in [0.2, 0.25) is 0 Å². The molecule has 0 unspecified atom stereocenters. The van der Waals surface area contributed by atoms with E-state index < -0.39 is 5.97 Å². The number of morpholine rings is 1. The molecule has 2 aromatic rings. The van der Waals surface area contributed by atoms with E-state index in [1.165, 1.54) is 0 Å². The molecule has 9 heteroatoms. The van der Waals surface area contributed by atoms with Gasteiger partial charge in [0.2, 0.25) is 5.88 Å². The van der Waals surface area contributed by atoms with Crippen molar-refractivity contribution >= 4 is 35.5 Å². The zero-order chi connectivity index (χ0) is 20.5. The van der Waals surface area contributed by atoms with Crippen molar-refractivity contribution < 1.29 is 23.8 Å². The summed E-state index contributed by atoms with van der Waals surface area (Å²) in [6.45, 7) is 2.74. The molecule has 1 aliphatic carbocycles. The molecule has 30 heavy (non-hydrogen) atoms. The van der Waals surface area contributed by atoms with E-state index in [1.807, 2.05) is 17.1 Å². The van der Waals surface area contributed by atoms with Crippen LogP contribution in [0.3, 0.4) is 0 Å². The number of hydrogen-bond donors (Lipinski definition) is 2. The average molecular weight is 410 g/mol. The topological polar surface area (TPSA) is 109 Å². The molecule has 0 amide bonds. The second kappa shape index (κ2) is 7.92. The molecule has 0 radical (unpaired) electrons. The van der Waals surface area contributed by atoms with Crippen LogP contribution in [0.1, 0.15) is 34.5 Å². The summed E-state index contributed by atoms with van der Waals surface area (Å²) in [5, 5.41) is 12.7. The number of aromatic hydroxyl groups is 1. The lowest BCUT2D eigenvalue weighted by atomic mass is 10.1. The maximum Gasteiger partial charge on any atom is 0.347 e. The lowest BCUT2D eigenvalue weighted by Crippen LogP contribution is -2.40. The molecule has 4 heterocycles. The molecule has 2 N–H and O–H groups in total. The van der Waals surface area contributed by atoms with E-state index in [1.54, 1.807) is 18.5 Å². The van der Waals surface area contributed by atoms with Crippen LogP contribution < -0.4 is 5.43 Å². The number of aromatic nitrogens is 1. The van der Waals surface area contributed by atoms with E-state index in [2.05, 4.69) is 15.4 Å². The molecule has 2 aromatic heterocycles. The largest absolute Gasteiger partial charge is 0.504 e. The van der Waals surface area contributed by atoms with E-state index in [0.29, 0.717) is 44.6 Å². The molecule has 0 aromatic carbocycles. The third kappa shape index (κ3) is 3.81. The van der Waals surface area contributed by atoms with Crippen molar-refractivity contribution in [2.75, 3.05) is 38.3 Å². The molecule has 1 saturated carbocycles. The number of pyridine rings is 1. The maximum atomic E-state index is 12.7.